The lowest BCUT2D eigenvalue weighted by Gasteiger charge is -2.24. The van der Waals surface area contributed by atoms with Crippen molar-refractivity contribution in [2.45, 2.75) is 38.0 Å². The maximum Gasteiger partial charge on any atom is 0.161 e. The Hall–Kier alpha value is -1.62. The summed E-state index contributed by atoms with van der Waals surface area (Å²) in [6.07, 6.45) is 5.53. The molecule has 2 aliphatic rings. The monoisotopic (exact) mass is 239 g/mol. The van der Waals surface area contributed by atoms with Crippen LogP contribution in [0.1, 0.15) is 42.7 Å². The molecular formula is C16H19N2+. The molecule has 1 unspecified atom stereocenters. The number of hydrogen-bond donors (Lipinski definition) is 0. The highest BCUT2D eigenvalue weighted by Gasteiger charge is 2.33. The molecule has 2 nitrogen and oxygen atoms in total. The van der Waals surface area contributed by atoms with E-state index in [4.69, 9.17) is 5.26 Å². The largest absolute Gasteiger partial charge is 0.236 e. The molecule has 0 radical (unpaired) electrons. The molecule has 0 aromatic heterocycles. The summed E-state index contributed by atoms with van der Waals surface area (Å²) in [6, 6.07) is 11.0. The van der Waals surface area contributed by atoms with Crippen molar-refractivity contribution in [3.05, 3.63) is 35.4 Å². The van der Waals surface area contributed by atoms with Gasteiger partial charge in [-0.25, -0.2) is 4.58 Å². The zero-order valence-corrected chi connectivity index (χ0v) is 10.7. The van der Waals surface area contributed by atoms with Crippen molar-refractivity contribution in [1.29, 1.82) is 5.26 Å². The molecule has 1 saturated heterocycles. The van der Waals surface area contributed by atoms with Gasteiger partial charge in [0.05, 0.1) is 18.4 Å². The molecular weight excluding hydrogens is 220 g/mol. The van der Waals surface area contributed by atoms with Gasteiger partial charge in [0, 0.05) is 19.3 Å². The first-order chi connectivity index (χ1) is 8.90. The molecule has 0 N–H and O–H groups in total. The van der Waals surface area contributed by atoms with Crippen molar-refractivity contribution >= 4 is 5.71 Å². The van der Waals surface area contributed by atoms with Gasteiger partial charge >= 0.3 is 0 Å². The quantitative estimate of drug-likeness (QED) is 0.692. The number of nitriles is 1. The molecule has 1 aromatic rings. The maximum absolute atomic E-state index is 9.12. The average molecular weight is 239 g/mol. The molecule has 3 rings (SSSR count). The number of nitrogens with zero attached hydrogens (tertiary/aromatic N) is 2. The van der Waals surface area contributed by atoms with Crippen molar-refractivity contribution < 1.29 is 4.58 Å². The molecule has 0 amide bonds. The summed E-state index contributed by atoms with van der Waals surface area (Å²) >= 11 is 0. The van der Waals surface area contributed by atoms with Crippen molar-refractivity contribution in [3.8, 4) is 6.07 Å². The number of aryl methyl sites for hydroxylation is 1. The molecule has 0 bridgehead atoms. The van der Waals surface area contributed by atoms with Gasteiger partial charge in [-0.15, -0.1) is 0 Å². The predicted molar refractivity (Wildman–Crippen MR) is 72.0 cm³/mol. The van der Waals surface area contributed by atoms with Crippen LogP contribution in [0.15, 0.2) is 24.3 Å². The van der Waals surface area contributed by atoms with Crippen LogP contribution in [0.3, 0.4) is 0 Å². The average Bonchev–Trinajstić information content (AvgIpc) is 2.93. The summed E-state index contributed by atoms with van der Waals surface area (Å²) < 4.78 is 2.54. The zero-order chi connectivity index (χ0) is 12.4. The van der Waals surface area contributed by atoms with E-state index in [-0.39, 0.29) is 0 Å². The summed E-state index contributed by atoms with van der Waals surface area (Å²) in [5.41, 5.74) is 4.36. The van der Waals surface area contributed by atoms with Crippen LogP contribution in [-0.2, 0) is 6.42 Å². The van der Waals surface area contributed by atoms with E-state index in [2.05, 4.69) is 34.9 Å². The number of benzene rings is 1. The van der Waals surface area contributed by atoms with Crippen LogP contribution in [0.25, 0.3) is 0 Å². The van der Waals surface area contributed by atoms with E-state index in [0.717, 1.165) is 12.8 Å². The molecule has 2 heteroatoms. The first kappa shape index (κ1) is 11.5. The van der Waals surface area contributed by atoms with Crippen LogP contribution < -0.4 is 0 Å². The van der Waals surface area contributed by atoms with Gasteiger partial charge in [-0.3, -0.25) is 0 Å². The highest BCUT2D eigenvalue weighted by molar-refractivity contribution is 5.89. The van der Waals surface area contributed by atoms with E-state index in [0.29, 0.717) is 12.3 Å². The lowest BCUT2D eigenvalue weighted by Crippen LogP contribution is -2.29. The van der Waals surface area contributed by atoms with Crippen molar-refractivity contribution in [3.63, 3.8) is 0 Å². The molecule has 1 heterocycles. The number of fused-ring (bicyclic) bond motifs is 1. The number of rotatable bonds is 1. The molecule has 0 spiro atoms. The van der Waals surface area contributed by atoms with E-state index in [1.807, 2.05) is 0 Å². The normalized spacial score (nSPS) is 22.7. The minimum absolute atomic E-state index is 0.345. The highest BCUT2D eigenvalue weighted by atomic mass is 15.0. The third-order valence-electron chi connectivity index (χ3n) is 4.29. The van der Waals surface area contributed by atoms with Gasteiger partial charge in [-0.1, -0.05) is 24.3 Å². The molecule has 0 saturated carbocycles. The van der Waals surface area contributed by atoms with Crippen LogP contribution in [0.4, 0.5) is 0 Å². The number of hydrogen-bond acceptors (Lipinski definition) is 1. The van der Waals surface area contributed by atoms with E-state index in [1.165, 1.54) is 42.8 Å². The Bertz CT molecular complexity index is 514. The van der Waals surface area contributed by atoms with Crippen LogP contribution >= 0.6 is 0 Å². The summed E-state index contributed by atoms with van der Waals surface area (Å²) in [5.74, 6) is 0.345. The SMILES string of the molecule is N#CCC1C(=[N+]2CCCC2)CCc2ccccc21. The lowest BCUT2D eigenvalue weighted by molar-refractivity contribution is -0.509. The minimum atomic E-state index is 0.345. The standard InChI is InChI=1S/C16H19N2/c17-10-9-15-14-6-2-1-5-13(14)7-8-16(15)18-11-3-4-12-18/h1-2,5-6,15H,3-4,7-9,11-12H2/q+1. The predicted octanol–water partition coefficient (Wildman–Crippen LogP) is 2.88. The van der Waals surface area contributed by atoms with Gasteiger partial charge in [-0.05, 0) is 17.5 Å². The Balaban J connectivity index is 2.04. The molecule has 92 valence electrons. The summed E-state index contributed by atoms with van der Waals surface area (Å²) in [6.45, 7) is 2.39. The van der Waals surface area contributed by atoms with Crippen LogP contribution in [0.5, 0.6) is 0 Å². The van der Waals surface area contributed by atoms with Gasteiger partial charge in [0.1, 0.15) is 13.1 Å². The molecule has 1 aromatic carbocycles. The molecule has 1 aliphatic carbocycles. The summed E-state index contributed by atoms with van der Waals surface area (Å²) in [7, 11) is 0. The third-order valence-corrected chi connectivity index (χ3v) is 4.29. The topological polar surface area (TPSA) is 26.8 Å². The molecule has 1 fully saturated rings. The van der Waals surface area contributed by atoms with Gasteiger partial charge in [0.2, 0.25) is 0 Å². The van der Waals surface area contributed by atoms with Gasteiger partial charge in [0.25, 0.3) is 0 Å². The van der Waals surface area contributed by atoms with Gasteiger partial charge in [-0.2, -0.15) is 5.26 Å². The van der Waals surface area contributed by atoms with Crippen LogP contribution in [0, 0.1) is 11.3 Å². The smallest absolute Gasteiger partial charge is 0.161 e. The minimum Gasteiger partial charge on any atom is -0.236 e. The fourth-order valence-corrected chi connectivity index (χ4v) is 3.42. The first-order valence-corrected chi connectivity index (χ1v) is 6.95. The molecule has 1 atom stereocenters. The van der Waals surface area contributed by atoms with Crippen molar-refractivity contribution in [2.75, 3.05) is 13.1 Å². The summed E-state index contributed by atoms with van der Waals surface area (Å²) in [5, 5.41) is 9.12. The Morgan fingerprint density at radius 2 is 1.94 bits per heavy atom. The fourth-order valence-electron chi connectivity index (χ4n) is 3.42. The van der Waals surface area contributed by atoms with Crippen molar-refractivity contribution in [2.24, 2.45) is 0 Å². The highest BCUT2D eigenvalue weighted by Crippen LogP contribution is 2.32. The molecule has 18 heavy (non-hydrogen) atoms. The second-order valence-electron chi connectivity index (χ2n) is 5.30. The fraction of sp³-hybridized carbons (Fsp3) is 0.500. The van der Waals surface area contributed by atoms with E-state index >= 15 is 0 Å². The van der Waals surface area contributed by atoms with E-state index < -0.39 is 0 Å². The first-order valence-electron chi connectivity index (χ1n) is 6.95. The van der Waals surface area contributed by atoms with E-state index in [1.54, 1.807) is 0 Å². The van der Waals surface area contributed by atoms with E-state index in [9.17, 15) is 0 Å². The third kappa shape index (κ3) is 1.95. The van der Waals surface area contributed by atoms with Crippen molar-refractivity contribution in [1.82, 2.24) is 0 Å². The Morgan fingerprint density at radius 1 is 1.17 bits per heavy atom. The summed E-state index contributed by atoms with van der Waals surface area (Å²) in [4.78, 5) is 0. The van der Waals surface area contributed by atoms with Gasteiger partial charge < -0.3 is 0 Å². The maximum atomic E-state index is 9.12. The van der Waals surface area contributed by atoms with Crippen LogP contribution in [-0.4, -0.2) is 23.4 Å². The second-order valence-corrected chi connectivity index (χ2v) is 5.30. The van der Waals surface area contributed by atoms with Gasteiger partial charge in [0.15, 0.2) is 5.71 Å². The lowest BCUT2D eigenvalue weighted by atomic mass is 9.79. The molecule has 1 aliphatic heterocycles. The van der Waals surface area contributed by atoms with Crippen LogP contribution in [0.2, 0.25) is 0 Å². The Kier molecular flexibility index (Phi) is 3.15. The second kappa shape index (κ2) is 4.94. The Labute approximate surface area is 109 Å². The zero-order valence-electron chi connectivity index (χ0n) is 10.7. The Morgan fingerprint density at radius 3 is 2.72 bits per heavy atom.